The van der Waals surface area contributed by atoms with Crippen molar-refractivity contribution in [3.05, 3.63) is 58.0 Å². The Kier molecular flexibility index (Phi) is 5.30. The average Bonchev–Trinajstić information content (AvgIpc) is 3.30. The van der Waals surface area contributed by atoms with E-state index in [-0.39, 0.29) is 30.1 Å². The van der Waals surface area contributed by atoms with Crippen molar-refractivity contribution < 1.29 is 23.6 Å². The number of rotatable bonds is 7. The highest BCUT2D eigenvalue weighted by Gasteiger charge is 2.18. The molecule has 1 atom stereocenters. The van der Waals surface area contributed by atoms with Gasteiger partial charge in [-0.2, -0.15) is 0 Å². The Bertz CT molecular complexity index is 734. The fourth-order valence-electron chi connectivity index (χ4n) is 2.50. The molecule has 132 valence electrons. The summed E-state index contributed by atoms with van der Waals surface area (Å²) in [7, 11) is 0. The van der Waals surface area contributed by atoms with E-state index in [0.29, 0.717) is 18.1 Å². The molecule has 8 heteroatoms. The number of nitrogens with one attached hydrogen (secondary N) is 1. The molecule has 1 N–H and O–H groups in total. The molecule has 0 radical (unpaired) electrons. The molecule has 1 saturated heterocycles. The molecule has 2 heterocycles. The van der Waals surface area contributed by atoms with Crippen molar-refractivity contribution in [3.63, 3.8) is 0 Å². The largest absolute Gasteiger partial charge is 0.486 e. The lowest BCUT2D eigenvalue weighted by molar-refractivity contribution is -0.384. The molecular formula is C17H18N2O6. The molecule has 2 aromatic rings. The van der Waals surface area contributed by atoms with Crippen LogP contribution in [-0.4, -0.2) is 30.1 Å². The van der Waals surface area contributed by atoms with E-state index >= 15 is 0 Å². The maximum atomic E-state index is 12.0. The Morgan fingerprint density at radius 3 is 2.76 bits per heavy atom. The Morgan fingerprint density at radius 2 is 2.08 bits per heavy atom. The molecule has 8 nitrogen and oxygen atoms in total. The number of amides is 1. The topological polar surface area (TPSA) is 104 Å². The number of carbonyl (C=O) groups excluding carboxylic acids is 1. The maximum Gasteiger partial charge on any atom is 0.287 e. The zero-order valence-electron chi connectivity index (χ0n) is 13.5. The van der Waals surface area contributed by atoms with Gasteiger partial charge in [0.05, 0.1) is 11.0 Å². The summed E-state index contributed by atoms with van der Waals surface area (Å²) in [5, 5.41) is 13.4. The van der Waals surface area contributed by atoms with Crippen molar-refractivity contribution in [2.75, 3.05) is 13.2 Å². The van der Waals surface area contributed by atoms with E-state index in [4.69, 9.17) is 13.9 Å². The summed E-state index contributed by atoms with van der Waals surface area (Å²) in [6, 6.07) is 8.99. The van der Waals surface area contributed by atoms with Gasteiger partial charge < -0.3 is 19.2 Å². The Labute approximate surface area is 143 Å². The second kappa shape index (κ2) is 7.80. The van der Waals surface area contributed by atoms with E-state index in [9.17, 15) is 14.9 Å². The monoisotopic (exact) mass is 346 g/mol. The van der Waals surface area contributed by atoms with Gasteiger partial charge in [-0.25, -0.2) is 0 Å². The average molecular weight is 346 g/mol. The summed E-state index contributed by atoms with van der Waals surface area (Å²) in [6.45, 7) is 1.33. The summed E-state index contributed by atoms with van der Waals surface area (Å²) >= 11 is 0. The van der Waals surface area contributed by atoms with Crippen LogP contribution in [0.15, 0.2) is 40.8 Å². The maximum absolute atomic E-state index is 12.0. The van der Waals surface area contributed by atoms with Gasteiger partial charge >= 0.3 is 0 Å². The fraction of sp³-hybridized carbons (Fsp3) is 0.353. The van der Waals surface area contributed by atoms with Crippen LogP contribution in [0.4, 0.5) is 5.69 Å². The first-order valence-electron chi connectivity index (χ1n) is 7.97. The molecule has 3 rings (SSSR count). The lowest BCUT2D eigenvalue weighted by atomic mass is 10.2. The predicted molar refractivity (Wildman–Crippen MR) is 87.4 cm³/mol. The van der Waals surface area contributed by atoms with Gasteiger partial charge in [-0.3, -0.25) is 14.9 Å². The van der Waals surface area contributed by atoms with Crippen LogP contribution in [0.3, 0.4) is 0 Å². The summed E-state index contributed by atoms with van der Waals surface area (Å²) in [5.41, 5.74) is -0.00412. The highest BCUT2D eigenvalue weighted by Crippen LogP contribution is 2.19. The van der Waals surface area contributed by atoms with E-state index in [0.717, 1.165) is 19.4 Å². The quantitative estimate of drug-likeness (QED) is 0.610. The van der Waals surface area contributed by atoms with E-state index in [1.165, 1.54) is 24.3 Å². The molecule has 1 aromatic carbocycles. The minimum Gasteiger partial charge on any atom is -0.486 e. The van der Waals surface area contributed by atoms with Gasteiger partial charge in [-0.15, -0.1) is 0 Å². The van der Waals surface area contributed by atoms with Crippen LogP contribution >= 0.6 is 0 Å². The van der Waals surface area contributed by atoms with Crippen LogP contribution in [0.2, 0.25) is 0 Å². The first kappa shape index (κ1) is 17.0. The van der Waals surface area contributed by atoms with Crippen LogP contribution in [0.25, 0.3) is 0 Å². The minimum atomic E-state index is -0.474. The number of benzene rings is 1. The van der Waals surface area contributed by atoms with Crippen LogP contribution in [0, 0.1) is 10.1 Å². The molecular weight excluding hydrogens is 328 g/mol. The molecule has 1 fully saturated rings. The first-order chi connectivity index (χ1) is 12.1. The molecule has 1 unspecified atom stereocenters. The SMILES string of the molecule is O=C(NCC1CCCO1)c1ccc(COc2ccc([N+](=O)[O-])cc2)o1. The van der Waals surface area contributed by atoms with Crippen molar-refractivity contribution in [2.24, 2.45) is 0 Å². The molecule has 1 aliphatic heterocycles. The number of hydrogen-bond donors (Lipinski definition) is 1. The number of furan rings is 1. The van der Waals surface area contributed by atoms with Gasteiger partial charge in [-0.1, -0.05) is 0 Å². The highest BCUT2D eigenvalue weighted by atomic mass is 16.6. The second-order valence-corrected chi connectivity index (χ2v) is 5.65. The highest BCUT2D eigenvalue weighted by molar-refractivity contribution is 5.91. The standard InChI is InChI=1S/C17H18N2O6/c20-17(18-10-14-2-1-9-23-14)16-8-7-15(25-16)11-24-13-5-3-12(4-6-13)19(21)22/h3-8,14H,1-2,9-11H2,(H,18,20). The van der Waals surface area contributed by atoms with Crippen molar-refractivity contribution in [1.82, 2.24) is 5.32 Å². The number of nitro benzene ring substituents is 1. The van der Waals surface area contributed by atoms with Gasteiger partial charge in [0.25, 0.3) is 11.6 Å². The van der Waals surface area contributed by atoms with Gasteiger partial charge in [-0.05, 0) is 37.1 Å². The molecule has 1 amide bonds. The van der Waals surface area contributed by atoms with Crippen LogP contribution in [0.1, 0.15) is 29.2 Å². The minimum absolute atomic E-state index is 0.00412. The van der Waals surface area contributed by atoms with Crippen LogP contribution in [0.5, 0.6) is 5.75 Å². The number of hydrogen-bond acceptors (Lipinski definition) is 6. The lowest BCUT2D eigenvalue weighted by Crippen LogP contribution is -2.31. The molecule has 25 heavy (non-hydrogen) atoms. The third kappa shape index (κ3) is 4.57. The molecule has 0 saturated carbocycles. The smallest absolute Gasteiger partial charge is 0.287 e. The Balaban J connectivity index is 1.49. The molecule has 1 aromatic heterocycles. The molecule has 1 aliphatic rings. The van der Waals surface area contributed by atoms with Crippen molar-refractivity contribution in [3.8, 4) is 5.75 Å². The second-order valence-electron chi connectivity index (χ2n) is 5.65. The fourth-order valence-corrected chi connectivity index (χ4v) is 2.50. The zero-order chi connectivity index (χ0) is 17.6. The van der Waals surface area contributed by atoms with E-state index in [2.05, 4.69) is 5.32 Å². The third-order valence-electron chi connectivity index (χ3n) is 3.83. The van der Waals surface area contributed by atoms with E-state index in [1.54, 1.807) is 12.1 Å². The predicted octanol–water partition coefficient (Wildman–Crippen LogP) is 2.68. The normalized spacial score (nSPS) is 16.6. The first-order valence-corrected chi connectivity index (χ1v) is 7.97. The van der Waals surface area contributed by atoms with Crippen LogP contribution < -0.4 is 10.1 Å². The number of nitrogens with zero attached hydrogens (tertiary/aromatic N) is 1. The van der Waals surface area contributed by atoms with Crippen molar-refractivity contribution in [1.29, 1.82) is 0 Å². The molecule has 0 aliphatic carbocycles. The van der Waals surface area contributed by atoms with Crippen molar-refractivity contribution >= 4 is 11.6 Å². The van der Waals surface area contributed by atoms with Gasteiger partial charge in [0.2, 0.25) is 0 Å². The molecule has 0 bridgehead atoms. The van der Waals surface area contributed by atoms with Gasteiger partial charge in [0.15, 0.2) is 5.76 Å². The Hall–Kier alpha value is -2.87. The Morgan fingerprint density at radius 1 is 1.28 bits per heavy atom. The summed E-state index contributed by atoms with van der Waals surface area (Å²) in [4.78, 5) is 22.2. The zero-order valence-corrected chi connectivity index (χ0v) is 13.5. The van der Waals surface area contributed by atoms with E-state index < -0.39 is 4.92 Å². The van der Waals surface area contributed by atoms with E-state index in [1.807, 2.05) is 0 Å². The van der Waals surface area contributed by atoms with Gasteiger partial charge in [0, 0.05) is 25.3 Å². The summed E-state index contributed by atoms with van der Waals surface area (Å²) in [6.07, 6.45) is 2.04. The van der Waals surface area contributed by atoms with Gasteiger partial charge in [0.1, 0.15) is 18.1 Å². The number of nitro groups is 1. The third-order valence-corrected chi connectivity index (χ3v) is 3.83. The summed E-state index contributed by atoms with van der Waals surface area (Å²) < 4.78 is 16.4. The number of carbonyl (C=O) groups is 1. The molecule has 0 spiro atoms. The lowest BCUT2D eigenvalue weighted by Gasteiger charge is -2.09. The summed E-state index contributed by atoms with van der Waals surface area (Å²) in [5.74, 6) is 0.879. The van der Waals surface area contributed by atoms with Crippen molar-refractivity contribution in [2.45, 2.75) is 25.6 Å². The van der Waals surface area contributed by atoms with Crippen LogP contribution in [-0.2, 0) is 11.3 Å². The number of non-ortho nitro benzene ring substituents is 1. The number of ether oxygens (including phenoxy) is 2.